The van der Waals surface area contributed by atoms with Crippen LogP contribution in [0, 0.1) is 0 Å². The highest BCUT2D eigenvalue weighted by Crippen LogP contribution is 2.51. The van der Waals surface area contributed by atoms with Gasteiger partial charge in [0.1, 0.15) is 78.5 Å². The second-order valence-corrected chi connectivity index (χ2v) is 18.2. The lowest BCUT2D eigenvalue weighted by atomic mass is 9.61. The van der Waals surface area contributed by atoms with Crippen LogP contribution in [-0.4, -0.2) is 98.0 Å². The first-order chi connectivity index (χ1) is 30.9. The van der Waals surface area contributed by atoms with Gasteiger partial charge in [0.25, 0.3) is 0 Å². The van der Waals surface area contributed by atoms with Crippen molar-refractivity contribution >= 4 is 155 Å². The van der Waals surface area contributed by atoms with Crippen LogP contribution in [0.25, 0.3) is 83.9 Å². The predicted molar refractivity (Wildman–Crippen MR) is 279 cm³/mol. The Bertz CT molecular complexity index is 3620. The van der Waals surface area contributed by atoms with Gasteiger partial charge < -0.3 is 4.57 Å². The van der Waals surface area contributed by atoms with Gasteiger partial charge in [0.05, 0.1) is 5.52 Å². The molecule has 0 amide bonds. The number of aromatic nitrogens is 4. The maximum atomic E-state index is 7.14. The third kappa shape index (κ3) is 5.61. The van der Waals surface area contributed by atoms with Crippen LogP contribution in [0.2, 0.25) is 0 Å². The Morgan fingerprint density at radius 3 is 1.60 bits per heavy atom. The fraction of sp³-hybridized carbons (Fsp3) is 0.118. The van der Waals surface area contributed by atoms with Gasteiger partial charge in [-0.1, -0.05) is 139 Å². The molecular formula is C51H28B10N4. The van der Waals surface area contributed by atoms with Crippen molar-refractivity contribution in [2.75, 3.05) is 0 Å². The Hall–Kier alpha value is -6.00. The first-order valence-electron chi connectivity index (χ1n) is 21.2. The Morgan fingerprint density at radius 1 is 0.385 bits per heavy atom. The molecule has 0 fully saturated rings. The van der Waals surface area contributed by atoms with Gasteiger partial charge in [-0.2, -0.15) is 0 Å². The van der Waals surface area contributed by atoms with Crippen LogP contribution in [0.15, 0.2) is 97.1 Å². The SMILES string of the molecule is [B]c1c([B])c([B])c2c(c1[B])-c1c([B])c([B])c3c4c([B])c([B])c([B])c([B])c4n(-c4cccc(-c5nc(-c6ccccc6)nc(-c6ccc7c(c6)C(C)(C)c6ccccc6-7)n5)c4)c3c1C2(C)C. The van der Waals surface area contributed by atoms with Gasteiger partial charge in [0.15, 0.2) is 17.5 Å². The lowest BCUT2D eigenvalue weighted by Gasteiger charge is -2.28. The highest BCUT2D eigenvalue weighted by atomic mass is 15.0. The summed E-state index contributed by atoms with van der Waals surface area (Å²) in [4.78, 5) is 15.4. The molecule has 9 aromatic rings. The summed E-state index contributed by atoms with van der Waals surface area (Å²) < 4.78 is 2.00. The number of benzene rings is 7. The third-order valence-electron chi connectivity index (χ3n) is 13.9. The minimum atomic E-state index is -0.866. The molecule has 0 bridgehead atoms. The fourth-order valence-corrected chi connectivity index (χ4v) is 10.6. The molecule has 0 saturated carbocycles. The van der Waals surface area contributed by atoms with Gasteiger partial charge >= 0.3 is 0 Å². The molecule has 2 aliphatic rings. The molecule has 0 saturated heterocycles. The Kier molecular flexibility index (Phi) is 9.14. The van der Waals surface area contributed by atoms with Crippen LogP contribution >= 0.6 is 0 Å². The molecule has 2 aromatic heterocycles. The van der Waals surface area contributed by atoms with Crippen molar-refractivity contribution in [2.24, 2.45) is 0 Å². The lowest BCUT2D eigenvalue weighted by molar-refractivity contribution is 0.660. The molecule has 0 aliphatic heterocycles. The predicted octanol–water partition coefficient (Wildman–Crippen LogP) is 0.520. The van der Waals surface area contributed by atoms with Crippen LogP contribution in [0.1, 0.15) is 49.9 Å². The Morgan fingerprint density at radius 2 is 0.892 bits per heavy atom. The standard InChI is InChI=1S/C51H28B10N4/c1-50(2)27-16-9-8-15-25(27)26-18-17-23(20-28(26)50)49-63-47(21-11-6-5-7-12-21)62-48(64-49)22-13-10-14-24(19-22)65-45-31(32-38(55)41(58)43(60)44(61)46(32)65)37(54)35(52)30-29-33(51(3,4)34(30)45)39(56)42(59)40(57)36(29)53/h5-20H,1-4H3. The van der Waals surface area contributed by atoms with Crippen molar-refractivity contribution in [2.45, 2.75) is 38.5 Å². The number of hydrogen-bond donors (Lipinski definition) is 0. The average molecular weight is 805 g/mol. The van der Waals surface area contributed by atoms with E-state index < -0.39 is 5.41 Å². The summed E-state index contributed by atoms with van der Waals surface area (Å²) in [5, 5.41) is 1.02. The summed E-state index contributed by atoms with van der Waals surface area (Å²) in [6.45, 7) is 8.57. The van der Waals surface area contributed by atoms with Gasteiger partial charge in [0, 0.05) is 38.7 Å². The molecule has 0 unspecified atom stereocenters. The molecule has 2 aliphatic carbocycles. The van der Waals surface area contributed by atoms with Crippen LogP contribution in [0.3, 0.4) is 0 Å². The van der Waals surface area contributed by atoms with E-state index in [-0.39, 0.29) is 54.6 Å². The summed E-state index contributed by atoms with van der Waals surface area (Å²) in [5.74, 6) is 1.50. The quantitative estimate of drug-likeness (QED) is 0.244. The molecule has 11 rings (SSSR count). The molecule has 20 radical (unpaired) electrons. The van der Waals surface area contributed by atoms with Gasteiger partial charge in [-0.3, -0.25) is 0 Å². The first-order valence-corrected chi connectivity index (χ1v) is 21.2. The monoisotopic (exact) mass is 806 g/mol. The van der Waals surface area contributed by atoms with E-state index in [0.717, 1.165) is 16.7 Å². The topological polar surface area (TPSA) is 43.6 Å². The van der Waals surface area contributed by atoms with Crippen molar-refractivity contribution < 1.29 is 0 Å². The van der Waals surface area contributed by atoms with Crippen LogP contribution in [0.5, 0.6) is 0 Å². The maximum Gasteiger partial charge on any atom is 0.164 e. The van der Waals surface area contributed by atoms with Gasteiger partial charge in [-0.25, -0.2) is 15.0 Å². The van der Waals surface area contributed by atoms with E-state index in [0.29, 0.717) is 72.7 Å². The van der Waals surface area contributed by atoms with Crippen molar-refractivity contribution in [3.8, 4) is 62.1 Å². The van der Waals surface area contributed by atoms with Crippen LogP contribution in [0.4, 0.5) is 0 Å². The van der Waals surface area contributed by atoms with Crippen molar-refractivity contribution in [1.82, 2.24) is 19.5 Å². The fourth-order valence-electron chi connectivity index (χ4n) is 10.6. The van der Waals surface area contributed by atoms with Gasteiger partial charge in [-0.05, 0) is 73.5 Å². The smallest absolute Gasteiger partial charge is 0.164 e. The molecule has 0 atom stereocenters. The van der Waals surface area contributed by atoms with Gasteiger partial charge in [-0.15, -0.1) is 21.9 Å². The first kappa shape index (κ1) is 41.7. The Labute approximate surface area is 392 Å². The summed E-state index contributed by atoms with van der Waals surface area (Å²) in [6.07, 6.45) is 0. The zero-order valence-electron chi connectivity index (χ0n) is 36.3. The zero-order valence-corrected chi connectivity index (χ0v) is 36.3. The molecule has 4 nitrogen and oxygen atoms in total. The number of nitrogens with zero attached hydrogens (tertiary/aromatic N) is 4. The highest BCUT2D eigenvalue weighted by Gasteiger charge is 2.43. The van der Waals surface area contributed by atoms with E-state index >= 15 is 0 Å². The number of fused-ring (bicyclic) bond motifs is 10. The largest absolute Gasteiger partial charge is 0.310 e. The minimum absolute atomic E-state index is 0.128. The molecule has 14 heteroatoms. The molecule has 0 N–H and O–H groups in total. The normalized spacial score (nSPS) is 14.1. The summed E-state index contributed by atoms with van der Waals surface area (Å²) in [5.41, 5.74) is 12.6. The van der Waals surface area contributed by atoms with Crippen molar-refractivity contribution in [3.05, 3.63) is 119 Å². The molecule has 282 valence electrons. The maximum absolute atomic E-state index is 7.14. The molecular weight excluding hydrogens is 777 g/mol. The van der Waals surface area contributed by atoms with Crippen molar-refractivity contribution in [3.63, 3.8) is 0 Å². The summed E-state index contributed by atoms with van der Waals surface area (Å²) in [7, 11) is 68.0. The number of hydrogen-bond acceptors (Lipinski definition) is 3. The average Bonchev–Trinajstić information content (AvgIpc) is 3.88. The lowest BCUT2D eigenvalue weighted by Crippen LogP contribution is -2.51. The summed E-state index contributed by atoms with van der Waals surface area (Å²) in [6, 6.07) is 32.7. The zero-order chi connectivity index (χ0) is 45.8. The van der Waals surface area contributed by atoms with E-state index in [1.165, 1.54) is 22.3 Å². The second-order valence-electron chi connectivity index (χ2n) is 18.2. The molecule has 7 aromatic carbocycles. The van der Waals surface area contributed by atoms with Gasteiger partial charge in [0.2, 0.25) is 0 Å². The molecule has 2 heterocycles. The van der Waals surface area contributed by atoms with E-state index in [1.807, 2.05) is 73.0 Å². The Balaban J connectivity index is 1.20. The van der Waals surface area contributed by atoms with E-state index in [1.54, 1.807) is 0 Å². The molecule has 65 heavy (non-hydrogen) atoms. The van der Waals surface area contributed by atoms with E-state index in [4.69, 9.17) is 93.4 Å². The number of rotatable bonds is 4. The van der Waals surface area contributed by atoms with Crippen molar-refractivity contribution in [1.29, 1.82) is 0 Å². The van der Waals surface area contributed by atoms with Crippen LogP contribution < -0.4 is 54.6 Å². The van der Waals surface area contributed by atoms with Crippen LogP contribution in [-0.2, 0) is 10.8 Å². The minimum Gasteiger partial charge on any atom is -0.310 e. The summed E-state index contributed by atoms with van der Waals surface area (Å²) >= 11 is 0. The highest BCUT2D eigenvalue weighted by molar-refractivity contribution is 6.69. The molecule has 0 spiro atoms. The van der Waals surface area contributed by atoms with E-state index in [9.17, 15) is 0 Å². The second kappa shape index (κ2) is 14.2. The third-order valence-corrected chi connectivity index (χ3v) is 13.9. The van der Waals surface area contributed by atoms with E-state index in [2.05, 4.69) is 56.3 Å².